The fourth-order valence-corrected chi connectivity index (χ4v) is 4.14. The third-order valence-corrected chi connectivity index (χ3v) is 7.11. The number of sulfone groups is 1. The minimum atomic E-state index is -3.38. The highest BCUT2D eigenvalue weighted by Crippen LogP contribution is 2.37. The Morgan fingerprint density at radius 2 is 1.97 bits per heavy atom. The number of amidine groups is 2. The molecule has 1 saturated carbocycles. The molecule has 2 aliphatic rings. The molecule has 0 bridgehead atoms. The molecule has 1 aromatic heterocycles. The molecule has 1 amide bonds. The number of hydrogen-bond donors (Lipinski definition) is 1. The Labute approximate surface area is 193 Å². The van der Waals surface area contributed by atoms with E-state index in [4.69, 9.17) is 11.6 Å². The molecule has 0 saturated heterocycles. The molecule has 1 N–H and O–H groups in total. The first-order chi connectivity index (χ1) is 15.0. The zero-order valence-electron chi connectivity index (χ0n) is 18.6. The standard InChI is InChI=1S/C21H27ClN6O3S/c1-6-32(30,31)16-9-23-17(24-10-16)11-25-19-21(29)28(13(4)15-7-8-15)20(26-14(5)22)18(27-19)12(2)3/h9-10,13,15H,5-8,11H2,1-4H3,(H,25,27)/b26-20+. The maximum absolute atomic E-state index is 13.3. The zero-order chi connectivity index (χ0) is 23.6. The molecule has 9 nitrogen and oxygen atoms in total. The first-order valence-corrected chi connectivity index (χ1v) is 12.4. The van der Waals surface area contributed by atoms with Gasteiger partial charge in [-0.15, -0.1) is 0 Å². The summed E-state index contributed by atoms with van der Waals surface area (Å²) >= 11 is 5.96. The summed E-state index contributed by atoms with van der Waals surface area (Å²) in [4.78, 5) is 32.1. The number of halogens is 1. The van der Waals surface area contributed by atoms with Crippen molar-refractivity contribution in [1.29, 1.82) is 0 Å². The van der Waals surface area contributed by atoms with Gasteiger partial charge in [-0.05, 0) is 45.1 Å². The van der Waals surface area contributed by atoms with Gasteiger partial charge < -0.3 is 5.32 Å². The van der Waals surface area contributed by atoms with Crippen LogP contribution in [0.15, 0.2) is 50.3 Å². The minimum absolute atomic E-state index is 0.0294. The quantitative estimate of drug-likeness (QED) is 0.602. The maximum Gasteiger partial charge on any atom is 0.295 e. The van der Waals surface area contributed by atoms with Gasteiger partial charge in [-0.25, -0.2) is 28.4 Å². The number of carbonyl (C=O) groups excluding carboxylic acids is 1. The van der Waals surface area contributed by atoms with Crippen LogP contribution in [0.3, 0.4) is 0 Å². The van der Waals surface area contributed by atoms with Crippen molar-refractivity contribution < 1.29 is 13.2 Å². The lowest BCUT2D eigenvalue weighted by atomic mass is 10.1. The lowest BCUT2D eigenvalue weighted by Crippen LogP contribution is -2.54. The van der Waals surface area contributed by atoms with Gasteiger partial charge in [0.15, 0.2) is 21.5 Å². The molecule has 0 spiro atoms. The molecule has 0 radical (unpaired) electrons. The second-order valence-corrected chi connectivity index (χ2v) is 10.7. The van der Waals surface area contributed by atoms with Crippen molar-refractivity contribution in [3.8, 4) is 0 Å². The SMILES string of the molecule is C=C(Cl)/N=C1\C(=C(C)C)N=C(NCc2ncc(S(=O)(=O)CC)cn2)C(=O)N1C(C)C1CC1. The smallest absolute Gasteiger partial charge is 0.295 e. The van der Waals surface area contributed by atoms with Gasteiger partial charge in [0.05, 0.1) is 12.3 Å². The first-order valence-electron chi connectivity index (χ1n) is 10.4. The lowest BCUT2D eigenvalue weighted by molar-refractivity contribution is -0.122. The molecule has 172 valence electrons. The summed E-state index contributed by atoms with van der Waals surface area (Å²) in [7, 11) is -3.38. The molecule has 1 aliphatic heterocycles. The normalized spacial score (nSPS) is 19.1. The average Bonchev–Trinajstić information content (AvgIpc) is 3.58. The van der Waals surface area contributed by atoms with Crippen molar-refractivity contribution in [3.05, 3.63) is 41.2 Å². The van der Waals surface area contributed by atoms with Gasteiger partial charge >= 0.3 is 0 Å². The highest BCUT2D eigenvalue weighted by atomic mass is 35.5. The zero-order valence-corrected chi connectivity index (χ0v) is 20.2. The molecule has 1 unspecified atom stereocenters. The largest absolute Gasteiger partial charge is 0.358 e. The summed E-state index contributed by atoms with van der Waals surface area (Å²) < 4.78 is 23.9. The van der Waals surface area contributed by atoms with Crippen LogP contribution in [0.5, 0.6) is 0 Å². The number of rotatable bonds is 7. The van der Waals surface area contributed by atoms with E-state index < -0.39 is 9.84 Å². The van der Waals surface area contributed by atoms with Crippen LogP contribution >= 0.6 is 11.6 Å². The van der Waals surface area contributed by atoms with Gasteiger partial charge in [0, 0.05) is 18.4 Å². The third-order valence-electron chi connectivity index (χ3n) is 5.33. The topological polar surface area (TPSA) is 117 Å². The van der Waals surface area contributed by atoms with Crippen LogP contribution in [0.2, 0.25) is 0 Å². The van der Waals surface area contributed by atoms with Gasteiger partial charge in [0.1, 0.15) is 21.6 Å². The summed E-state index contributed by atoms with van der Waals surface area (Å²) in [6.45, 7) is 11.1. The first kappa shape index (κ1) is 24.1. The summed E-state index contributed by atoms with van der Waals surface area (Å²) in [6.07, 6.45) is 4.64. The molecule has 11 heteroatoms. The number of allylic oxidation sites excluding steroid dienone is 1. The Kier molecular flexibility index (Phi) is 7.14. The highest BCUT2D eigenvalue weighted by Gasteiger charge is 2.41. The van der Waals surface area contributed by atoms with Crippen LogP contribution in [-0.4, -0.2) is 52.7 Å². The van der Waals surface area contributed by atoms with Crippen LogP contribution in [0, 0.1) is 5.92 Å². The maximum atomic E-state index is 13.3. The number of hydrogen-bond acceptors (Lipinski definition) is 8. The van der Waals surface area contributed by atoms with Crippen molar-refractivity contribution in [2.24, 2.45) is 15.9 Å². The van der Waals surface area contributed by atoms with Crippen molar-refractivity contribution in [2.45, 2.75) is 58.0 Å². The highest BCUT2D eigenvalue weighted by molar-refractivity contribution is 7.91. The number of nitrogens with zero attached hydrogens (tertiary/aromatic N) is 5. The molecule has 2 heterocycles. The van der Waals surface area contributed by atoms with E-state index in [2.05, 4.69) is 31.8 Å². The molecular formula is C21H27ClN6O3S. The summed E-state index contributed by atoms with van der Waals surface area (Å²) in [5.41, 5.74) is 1.42. The van der Waals surface area contributed by atoms with Crippen LogP contribution in [0.25, 0.3) is 0 Å². The fraction of sp³-hybridized carbons (Fsp3) is 0.476. The van der Waals surface area contributed by atoms with Crippen LogP contribution in [0.1, 0.15) is 46.4 Å². The van der Waals surface area contributed by atoms with Gasteiger partial charge in [-0.2, -0.15) is 0 Å². The Hall–Kier alpha value is -2.59. The van der Waals surface area contributed by atoms with E-state index in [1.165, 1.54) is 12.4 Å². The van der Waals surface area contributed by atoms with E-state index in [-0.39, 0.29) is 40.1 Å². The number of aliphatic imine (C=N–C) groups is 2. The molecule has 1 aliphatic carbocycles. The van der Waals surface area contributed by atoms with Crippen molar-refractivity contribution in [2.75, 3.05) is 5.75 Å². The van der Waals surface area contributed by atoms with Gasteiger partial charge in [-0.3, -0.25) is 9.69 Å². The Bertz CT molecular complexity index is 1120. The Morgan fingerprint density at radius 3 is 2.47 bits per heavy atom. The molecule has 3 rings (SSSR count). The number of carbonyl (C=O) groups is 1. The molecule has 32 heavy (non-hydrogen) atoms. The number of nitrogens with one attached hydrogen (secondary N) is 1. The Morgan fingerprint density at radius 1 is 1.34 bits per heavy atom. The van der Waals surface area contributed by atoms with E-state index in [0.29, 0.717) is 23.3 Å². The van der Waals surface area contributed by atoms with Crippen molar-refractivity contribution >= 4 is 39.0 Å². The van der Waals surface area contributed by atoms with Crippen molar-refractivity contribution in [1.82, 2.24) is 20.2 Å². The third kappa shape index (κ3) is 5.24. The van der Waals surface area contributed by atoms with Crippen LogP contribution in [-0.2, 0) is 21.2 Å². The van der Waals surface area contributed by atoms with E-state index in [0.717, 1.165) is 18.4 Å². The molecular weight excluding hydrogens is 452 g/mol. The molecule has 1 aromatic rings. The second-order valence-electron chi connectivity index (χ2n) is 7.97. The number of amides is 1. The van der Waals surface area contributed by atoms with E-state index in [1.54, 1.807) is 11.8 Å². The molecule has 0 aromatic carbocycles. The lowest BCUT2D eigenvalue weighted by Gasteiger charge is -2.34. The second kappa shape index (κ2) is 9.50. The van der Waals surface area contributed by atoms with E-state index >= 15 is 0 Å². The average molecular weight is 479 g/mol. The van der Waals surface area contributed by atoms with Gasteiger partial charge in [0.2, 0.25) is 0 Å². The molecule has 1 atom stereocenters. The van der Waals surface area contributed by atoms with Crippen LogP contribution < -0.4 is 5.32 Å². The monoisotopic (exact) mass is 478 g/mol. The summed E-state index contributed by atoms with van der Waals surface area (Å²) in [5, 5.41) is 3.07. The van der Waals surface area contributed by atoms with E-state index in [9.17, 15) is 13.2 Å². The van der Waals surface area contributed by atoms with Gasteiger partial charge in [0.25, 0.3) is 5.91 Å². The summed E-state index contributed by atoms with van der Waals surface area (Å²) in [5.74, 6) is 0.910. The van der Waals surface area contributed by atoms with E-state index in [1.807, 2.05) is 20.8 Å². The Balaban J connectivity index is 1.89. The van der Waals surface area contributed by atoms with Crippen LogP contribution in [0.4, 0.5) is 0 Å². The fourth-order valence-electron chi connectivity index (χ4n) is 3.30. The van der Waals surface area contributed by atoms with Gasteiger partial charge in [-0.1, -0.05) is 25.1 Å². The van der Waals surface area contributed by atoms with Crippen molar-refractivity contribution in [3.63, 3.8) is 0 Å². The number of aromatic nitrogens is 2. The predicted molar refractivity (Wildman–Crippen MR) is 124 cm³/mol. The molecule has 1 fully saturated rings. The summed E-state index contributed by atoms with van der Waals surface area (Å²) in [6, 6.07) is -0.0753. The minimum Gasteiger partial charge on any atom is -0.358 e. The predicted octanol–water partition coefficient (Wildman–Crippen LogP) is 2.80.